The summed E-state index contributed by atoms with van der Waals surface area (Å²) in [6, 6.07) is 6.19. The van der Waals surface area contributed by atoms with Crippen molar-refractivity contribution in [1.29, 1.82) is 0 Å². The molecule has 0 bridgehead atoms. The molecule has 4 heteroatoms. The maximum atomic E-state index is 11.2. The van der Waals surface area contributed by atoms with Gasteiger partial charge in [-0.25, -0.2) is 4.98 Å². The van der Waals surface area contributed by atoms with Crippen molar-refractivity contribution in [3.05, 3.63) is 40.4 Å². The van der Waals surface area contributed by atoms with Gasteiger partial charge in [0, 0.05) is 10.9 Å². The van der Waals surface area contributed by atoms with Gasteiger partial charge in [0.15, 0.2) is 0 Å². The zero-order valence-electron chi connectivity index (χ0n) is 10.7. The molecule has 0 atom stereocenters. The molecule has 1 aromatic carbocycles. The molecule has 0 aliphatic carbocycles. The second-order valence-electron chi connectivity index (χ2n) is 4.16. The second-order valence-corrected chi connectivity index (χ2v) is 5.02. The molecule has 0 saturated carbocycles. The lowest BCUT2D eigenvalue weighted by atomic mass is 10.0. The minimum atomic E-state index is -0.256. The Morgan fingerprint density at radius 1 is 1.33 bits per heavy atom. The number of benzene rings is 1. The van der Waals surface area contributed by atoms with E-state index in [1.165, 1.54) is 23.8 Å². The van der Waals surface area contributed by atoms with Crippen molar-refractivity contribution in [1.82, 2.24) is 4.98 Å². The van der Waals surface area contributed by atoms with E-state index in [0.29, 0.717) is 0 Å². The Morgan fingerprint density at radius 3 is 2.61 bits per heavy atom. The molecule has 0 radical (unpaired) electrons. The highest BCUT2D eigenvalue weighted by Gasteiger charge is 2.12. The fourth-order valence-corrected chi connectivity index (χ4v) is 2.87. The van der Waals surface area contributed by atoms with Gasteiger partial charge in [0.05, 0.1) is 19.2 Å². The molecular weight excluding hydrogens is 246 g/mol. The first-order chi connectivity index (χ1) is 8.61. The van der Waals surface area contributed by atoms with Gasteiger partial charge in [-0.3, -0.25) is 4.79 Å². The van der Waals surface area contributed by atoms with Gasteiger partial charge in [0.25, 0.3) is 0 Å². The number of carbonyl (C=O) groups excluding carboxylic acids is 1. The van der Waals surface area contributed by atoms with Crippen LogP contribution < -0.4 is 0 Å². The number of methoxy groups -OCH3 is 1. The molecule has 3 nitrogen and oxygen atoms in total. The number of aryl methyl sites for hydroxylation is 2. The average molecular weight is 261 g/mol. The zero-order chi connectivity index (χ0) is 13.1. The predicted molar refractivity (Wildman–Crippen MR) is 72.7 cm³/mol. The van der Waals surface area contributed by atoms with Gasteiger partial charge >= 0.3 is 5.97 Å². The van der Waals surface area contributed by atoms with E-state index in [9.17, 15) is 4.79 Å². The van der Waals surface area contributed by atoms with Gasteiger partial charge in [-0.15, -0.1) is 11.3 Å². The number of nitrogens with zero attached hydrogens (tertiary/aromatic N) is 1. The highest BCUT2D eigenvalue weighted by atomic mass is 32.1. The Labute approximate surface area is 110 Å². The predicted octanol–water partition coefficient (Wildman–Crippen LogP) is 3.14. The normalized spacial score (nSPS) is 10.4. The number of carbonyl (C=O) groups is 1. The first-order valence-electron chi connectivity index (χ1n) is 5.69. The molecule has 0 amide bonds. The zero-order valence-corrected chi connectivity index (χ0v) is 11.5. The molecule has 0 fully saturated rings. The van der Waals surface area contributed by atoms with E-state index in [2.05, 4.69) is 35.7 Å². The monoisotopic (exact) mass is 261 g/mol. The van der Waals surface area contributed by atoms with E-state index in [1.807, 2.05) is 11.4 Å². The molecule has 2 rings (SSSR count). The van der Waals surface area contributed by atoms with E-state index < -0.39 is 0 Å². The third-order valence-electron chi connectivity index (χ3n) is 2.80. The van der Waals surface area contributed by atoms with Crippen LogP contribution in [0.4, 0.5) is 0 Å². The second kappa shape index (κ2) is 5.31. The van der Waals surface area contributed by atoms with Crippen LogP contribution in [0, 0.1) is 13.8 Å². The highest BCUT2D eigenvalue weighted by molar-refractivity contribution is 7.13. The van der Waals surface area contributed by atoms with E-state index in [0.717, 1.165) is 10.7 Å². The molecular formula is C14H15NO2S. The number of thiazole rings is 1. The number of aromatic nitrogens is 1. The Kier molecular flexibility index (Phi) is 3.77. The van der Waals surface area contributed by atoms with Crippen LogP contribution in [0.15, 0.2) is 23.6 Å². The molecule has 0 unspecified atom stereocenters. The fraction of sp³-hybridized carbons (Fsp3) is 0.286. The van der Waals surface area contributed by atoms with Gasteiger partial charge in [-0.2, -0.15) is 0 Å². The van der Waals surface area contributed by atoms with E-state index >= 15 is 0 Å². The van der Waals surface area contributed by atoms with Crippen molar-refractivity contribution < 1.29 is 9.53 Å². The molecule has 1 heterocycles. The van der Waals surface area contributed by atoms with E-state index in [1.54, 1.807) is 11.3 Å². The molecule has 94 valence electrons. The third kappa shape index (κ3) is 2.59. The maximum absolute atomic E-state index is 11.2. The maximum Gasteiger partial charge on any atom is 0.311 e. The van der Waals surface area contributed by atoms with Crippen LogP contribution >= 0.6 is 11.3 Å². The van der Waals surface area contributed by atoms with Crippen molar-refractivity contribution >= 4 is 17.3 Å². The lowest BCUT2D eigenvalue weighted by Gasteiger charge is -2.05. The molecule has 2 aromatic rings. The quantitative estimate of drug-likeness (QED) is 0.797. The minimum Gasteiger partial charge on any atom is -0.469 e. The van der Waals surface area contributed by atoms with Crippen molar-refractivity contribution in [2.24, 2.45) is 0 Å². The van der Waals surface area contributed by atoms with Crippen LogP contribution in [-0.4, -0.2) is 18.1 Å². The number of hydrogen-bond donors (Lipinski definition) is 0. The smallest absolute Gasteiger partial charge is 0.311 e. The topological polar surface area (TPSA) is 39.2 Å². The summed E-state index contributed by atoms with van der Waals surface area (Å²) < 4.78 is 4.64. The molecule has 1 aromatic heterocycles. The van der Waals surface area contributed by atoms with Gasteiger partial charge in [0.1, 0.15) is 5.01 Å². The summed E-state index contributed by atoms with van der Waals surface area (Å²) in [6.07, 6.45) is 0.234. The van der Waals surface area contributed by atoms with Crippen LogP contribution in [0.5, 0.6) is 0 Å². The first-order valence-corrected chi connectivity index (χ1v) is 6.57. The molecule has 0 aliphatic rings. The summed E-state index contributed by atoms with van der Waals surface area (Å²) >= 11 is 1.56. The fourth-order valence-electron chi connectivity index (χ4n) is 1.87. The molecule has 18 heavy (non-hydrogen) atoms. The van der Waals surface area contributed by atoms with E-state index in [4.69, 9.17) is 0 Å². The first kappa shape index (κ1) is 12.8. The van der Waals surface area contributed by atoms with Crippen LogP contribution in [0.25, 0.3) is 10.6 Å². The van der Waals surface area contributed by atoms with Crippen molar-refractivity contribution in [2.45, 2.75) is 20.3 Å². The Hall–Kier alpha value is -1.68. The minimum absolute atomic E-state index is 0.234. The number of esters is 1. The lowest BCUT2D eigenvalue weighted by Crippen LogP contribution is -2.04. The summed E-state index contributed by atoms with van der Waals surface area (Å²) in [7, 11) is 1.39. The molecule has 0 aliphatic heterocycles. The summed E-state index contributed by atoms with van der Waals surface area (Å²) in [5.41, 5.74) is 4.34. The largest absolute Gasteiger partial charge is 0.469 e. The van der Waals surface area contributed by atoms with Crippen molar-refractivity contribution in [3.63, 3.8) is 0 Å². The Bertz CT molecular complexity index is 555. The van der Waals surface area contributed by atoms with Crippen LogP contribution in [0.3, 0.4) is 0 Å². The van der Waals surface area contributed by atoms with Crippen LogP contribution in [-0.2, 0) is 16.0 Å². The van der Waals surface area contributed by atoms with Crippen LogP contribution in [0.1, 0.15) is 16.8 Å². The Morgan fingerprint density at radius 2 is 2.00 bits per heavy atom. The van der Waals surface area contributed by atoms with E-state index in [-0.39, 0.29) is 12.4 Å². The van der Waals surface area contributed by atoms with Crippen LogP contribution in [0.2, 0.25) is 0 Å². The average Bonchev–Trinajstić information content (AvgIpc) is 2.77. The standard InChI is InChI=1S/C14H15NO2S/c1-9-5-4-6-10(2)13(9)14-15-11(8-18-14)7-12(16)17-3/h4-6,8H,7H2,1-3H3. The van der Waals surface area contributed by atoms with Crippen molar-refractivity contribution in [2.75, 3.05) is 7.11 Å². The van der Waals surface area contributed by atoms with Crippen molar-refractivity contribution in [3.8, 4) is 10.6 Å². The summed E-state index contributed by atoms with van der Waals surface area (Å²) in [6.45, 7) is 4.15. The Balaban J connectivity index is 2.32. The SMILES string of the molecule is COC(=O)Cc1csc(-c2c(C)cccc2C)n1. The molecule has 0 saturated heterocycles. The summed E-state index contributed by atoms with van der Waals surface area (Å²) in [5, 5.41) is 2.88. The van der Waals surface area contributed by atoms with Gasteiger partial charge in [-0.1, -0.05) is 18.2 Å². The van der Waals surface area contributed by atoms with Gasteiger partial charge in [0.2, 0.25) is 0 Å². The summed E-state index contributed by atoms with van der Waals surface area (Å²) in [5.74, 6) is -0.256. The molecule has 0 N–H and O–H groups in total. The molecule has 0 spiro atoms. The number of hydrogen-bond acceptors (Lipinski definition) is 4. The third-order valence-corrected chi connectivity index (χ3v) is 3.71. The number of rotatable bonds is 3. The number of ether oxygens (including phenoxy) is 1. The highest BCUT2D eigenvalue weighted by Crippen LogP contribution is 2.29. The lowest BCUT2D eigenvalue weighted by molar-refractivity contribution is -0.139. The summed E-state index contributed by atoms with van der Waals surface area (Å²) in [4.78, 5) is 15.7. The van der Waals surface area contributed by atoms with Gasteiger partial charge < -0.3 is 4.74 Å². The van der Waals surface area contributed by atoms with Gasteiger partial charge in [-0.05, 0) is 25.0 Å².